The van der Waals surface area contributed by atoms with Gasteiger partial charge in [-0.2, -0.15) is 0 Å². The van der Waals surface area contributed by atoms with Crippen LogP contribution in [0.2, 0.25) is 0 Å². The Kier molecular flexibility index (Phi) is 7.25. The maximum absolute atomic E-state index is 13.3. The zero-order valence-corrected chi connectivity index (χ0v) is 17.1. The molecular formula is C20H30N4O4. The van der Waals surface area contributed by atoms with Crippen LogP contribution in [0.4, 0.5) is 11.5 Å². The summed E-state index contributed by atoms with van der Waals surface area (Å²) in [5.41, 5.74) is 5.41. The molecule has 8 heteroatoms. The zero-order chi connectivity index (χ0) is 20.8. The lowest BCUT2D eigenvalue weighted by Gasteiger charge is -2.24. The summed E-state index contributed by atoms with van der Waals surface area (Å²) in [6.07, 6.45) is 4.19. The molecule has 2 rings (SSSR count). The van der Waals surface area contributed by atoms with Crippen molar-refractivity contribution in [2.75, 3.05) is 17.2 Å². The largest absolute Gasteiger partial charge is 0.466 e. The first-order valence-electron chi connectivity index (χ1n) is 9.83. The number of nitrogens with zero attached hydrogens (tertiary/aromatic N) is 2. The van der Waals surface area contributed by atoms with Crippen molar-refractivity contribution in [1.82, 2.24) is 9.55 Å². The van der Waals surface area contributed by atoms with Gasteiger partial charge in [0.15, 0.2) is 5.69 Å². The Labute approximate surface area is 164 Å². The minimum absolute atomic E-state index is 0.0184. The average molecular weight is 390 g/mol. The van der Waals surface area contributed by atoms with Crippen LogP contribution < -0.4 is 21.9 Å². The summed E-state index contributed by atoms with van der Waals surface area (Å²) in [7, 11) is 0. The van der Waals surface area contributed by atoms with Crippen LogP contribution in [0.3, 0.4) is 0 Å². The third-order valence-electron chi connectivity index (χ3n) is 4.72. The lowest BCUT2D eigenvalue weighted by molar-refractivity contribution is 0.0984. The van der Waals surface area contributed by atoms with Crippen LogP contribution in [0.25, 0.3) is 0 Å². The van der Waals surface area contributed by atoms with Gasteiger partial charge in [-0.25, -0.2) is 4.79 Å². The number of furan rings is 1. The number of nitrogens with one attached hydrogen (secondary N) is 1. The minimum atomic E-state index is -0.655. The Morgan fingerprint density at radius 3 is 2.43 bits per heavy atom. The summed E-state index contributed by atoms with van der Waals surface area (Å²) in [4.78, 5) is 41.8. The molecular weight excluding hydrogens is 360 g/mol. The van der Waals surface area contributed by atoms with Crippen LogP contribution in [0.15, 0.2) is 20.1 Å². The van der Waals surface area contributed by atoms with Gasteiger partial charge in [0.05, 0.1) is 5.56 Å². The lowest BCUT2D eigenvalue weighted by atomic mass is 10.1. The highest BCUT2D eigenvalue weighted by atomic mass is 16.3. The molecule has 0 saturated heterocycles. The van der Waals surface area contributed by atoms with Crippen molar-refractivity contribution in [3.63, 3.8) is 0 Å². The third-order valence-corrected chi connectivity index (χ3v) is 4.72. The van der Waals surface area contributed by atoms with Crippen LogP contribution in [-0.4, -0.2) is 22.0 Å². The van der Waals surface area contributed by atoms with Gasteiger partial charge in [-0.05, 0) is 32.8 Å². The van der Waals surface area contributed by atoms with E-state index in [0.29, 0.717) is 36.6 Å². The van der Waals surface area contributed by atoms with E-state index in [4.69, 9.17) is 10.2 Å². The van der Waals surface area contributed by atoms with Crippen molar-refractivity contribution in [2.24, 2.45) is 0 Å². The SMILES string of the molecule is CCCCCN(C(=O)c1cc(C)oc1C)c1c(N)n(CCCC)c(=O)[nH]c1=O. The molecule has 0 bridgehead atoms. The van der Waals surface area contributed by atoms with Crippen LogP contribution >= 0.6 is 0 Å². The van der Waals surface area contributed by atoms with Crippen LogP contribution in [0.1, 0.15) is 67.8 Å². The van der Waals surface area contributed by atoms with E-state index in [0.717, 1.165) is 25.7 Å². The molecule has 0 aliphatic rings. The van der Waals surface area contributed by atoms with Crippen molar-refractivity contribution in [1.29, 1.82) is 0 Å². The highest BCUT2D eigenvalue weighted by molar-refractivity contribution is 6.07. The normalized spacial score (nSPS) is 11.0. The number of anilines is 2. The van der Waals surface area contributed by atoms with E-state index in [1.807, 2.05) is 6.92 Å². The summed E-state index contributed by atoms with van der Waals surface area (Å²) in [6, 6.07) is 1.65. The summed E-state index contributed by atoms with van der Waals surface area (Å²) >= 11 is 0. The molecule has 0 aromatic carbocycles. The molecule has 0 radical (unpaired) electrons. The van der Waals surface area contributed by atoms with E-state index >= 15 is 0 Å². The second kappa shape index (κ2) is 9.43. The van der Waals surface area contributed by atoms with Crippen molar-refractivity contribution in [3.8, 4) is 0 Å². The molecule has 154 valence electrons. The highest BCUT2D eigenvalue weighted by Crippen LogP contribution is 2.23. The number of aromatic amines is 1. The highest BCUT2D eigenvalue weighted by Gasteiger charge is 2.27. The van der Waals surface area contributed by atoms with Crippen LogP contribution in [-0.2, 0) is 6.54 Å². The number of amides is 1. The predicted molar refractivity (Wildman–Crippen MR) is 110 cm³/mol. The monoisotopic (exact) mass is 390 g/mol. The van der Waals surface area contributed by atoms with E-state index in [1.165, 1.54) is 9.47 Å². The zero-order valence-electron chi connectivity index (χ0n) is 17.1. The van der Waals surface area contributed by atoms with Crippen molar-refractivity contribution in [2.45, 2.75) is 66.3 Å². The molecule has 0 atom stereocenters. The van der Waals surface area contributed by atoms with E-state index in [-0.39, 0.29) is 17.4 Å². The molecule has 2 aromatic heterocycles. The molecule has 0 unspecified atom stereocenters. The Morgan fingerprint density at radius 1 is 1.18 bits per heavy atom. The van der Waals surface area contributed by atoms with Crippen molar-refractivity contribution in [3.05, 3.63) is 44.0 Å². The average Bonchev–Trinajstić information content (AvgIpc) is 2.97. The van der Waals surface area contributed by atoms with Gasteiger partial charge in [-0.3, -0.25) is 19.1 Å². The Hall–Kier alpha value is -2.77. The maximum Gasteiger partial charge on any atom is 0.330 e. The van der Waals surface area contributed by atoms with Gasteiger partial charge >= 0.3 is 5.69 Å². The van der Waals surface area contributed by atoms with Crippen molar-refractivity contribution < 1.29 is 9.21 Å². The van der Waals surface area contributed by atoms with Gasteiger partial charge in [0, 0.05) is 13.1 Å². The van der Waals surface area contributed by atoms with Crippen LogP contribution in [0, 0.1) is 13.8 Å². The summed E-state index contributed by atoms with van der Waals surface area (Å²) in [5.74, 6) is 0.759. The van der Waals surface area contributed by atoms with Crippen LogP contribution in [0.5, 0.6) is 0 Å². The van der Waals surface area contributed by atoms with E-state index in [9.17, 15) is 14.4 Å². The summed E-state index contributed by atoms with van der Waals surface area (Å²) < 4.78 is 6.81. The number of H-pyrrole nitrogens is 1. The number of rotatable bonds is 9. The molecule has 0 spiro atoms. The number of carbonyl (C=O) groups excluding carboxylic acids is 1. The fraction of sp³-hybridized carbons (Fsp3) is 0.550. The maximum atomic E-state index is 13.3. The van der Waals surface area contributed by atoms with Gasteiger partial charge in [0.2, 0.25) is 0 Å². The fourth-order valence-corrected chi connectivity index (χ4v) is 3.20. The Bertz CT molecular complexity index is 939. The van der Waals surface area contributed by atoms with Gasteiger partial charge in [-0.15, -0.1) is 0 Å². The number of nitrogens with two attached hydrogens (primary N) is 1. The quantitative estimate of drug-likeness (QED) is 0.639. The van der Waals surface area contributed by atoms with E-state index in [1.54, 1.807) is 19.9 Å². The molecule has 0 saturated carbocycles. The molecule has 0 aliphatic heterocycles. The van der Waals surface area contributed by atoms with Gasteiger partial charge in [0.1, 0.15) is 17.3 Å². The van der Waals surface area contributed by atoms with Gasteiger partial charge in [-0.1, -0.05) is 33.1 Å². The first kappa shape index (κ1) is 21.5. The molecule has 28 heavy (non-hydrogen) atoms. The summed E-state index contributed by atoms with van der Waals surface area (Å²) in [6.45, 7) is 8.24. The fourth-order valence-electron chi connectivity index (χ4n) is 3.20. The number of aromatic nitrogens is 2. The molecule has 0 fully saturated rings. The Morgan fingerprint density at radius 2 is 1.86 bits per heavy atom. The number of hydrogen-bond acceptors (Lipinski definition) is 5. The van der Waals surface area contributed by atoms with Gasteiger partial charge in [0.25, 0.3) is 11.5 Å². The number of carbonyl (C=O) groups is 1. The number of unbranched alkanes of at least 4 members (excludes halogenated alkanes) is 3. The molecule has 1 amide bonds. The number of aryl methyl sites for hydroxylation is 2. The van der Waals surface area contributed by atoms with Crippen molar-refractivity contribution >= 4 is 17.4 Å². The molecule has 2 aromatic rings. The minimum Gasteiger partial charge on any atom is -0.466 e. The standard InChI is InChI=1S/C20H30N4O4/c1-5-7-9-11-23(19(26)15-12-13(3)28-14(15)4)16-17(21)24(10-8-6-2)20(27)22-18(16)25/h12H,5-11,21H2,1-4H3,(H,22,25,27). The Balaban J connectivity index is 2.57. The summed E-state index contributed by atoms with van der Waals surface area (Å²) in [5, 5.41) is 0. The second-order valence-corrected chi connectivity index (χ2v) is 6.99. The first-order chi connectivity index (χ1) is 13.3. The second-order valence-electron chi connectivity index (χ2n) is 6.99. The molecule has 0 aliphatic carbocycles. The van der Waals surface area contributed by atoms with Gasteiger partial charge < -0.3 is 15.1 Å². The van der Waals surface area contributed by atoms with E-state index < -0.39 is 11.2 Å². The third kappa shape index (κ3) is 4.55. The first-order valence-corrected chi connectivity index (χ1v) is 9.83. The molecule has 3 N–H and O–H groups in total. The molecule has 2 heterocycles. The smallest absolute Gasteiger partial charge is 0.330 e. The number of hydrogen-bond donors (Lipinski definition) is 2. The molecule has 8 nitrogen and oxygen atoms in total. The topological polar surface area (TPSA) is 114 Å². The number of nitrogen functional groups attached to an aromatic ring is 1. The van der Waals surface area contributed by atoms with E-state index in [2.05, 4.69) is 11.9 Å². The lowest BCUT2D eigenvalue weighted by Crippen LogP contribution is -2.41. The predicted octanol–water partition coefficient (Wildman–Crippen LogP) is 2.97.